The molecule has 0 aromatic heterocycles. The van der Waals surface area contributed by atoms with Crippen molar-refractivity contribution in [2.75, 3.05) is 92.2 Å². The van der Waals surface area contributed by atoms with Gasteiger partial charge in [-0.3, -0.25) is 10.6 Å². The van der Waals surface area contributed by atoms with Gasteiger partial charge in [-0.15, -0.1) is 0 Å². The topological polar surface area (TPSA) is 638 Å². The Labute approximate surface area is 484 Å². The molecule has 42 nitrogen and oxygen atoms in total. The number of nitrogens with one attached hydrogen (secondary N) is 7. The van der Waals surface area contributed by atoms with Gasteiger partial charge in [-0.1, -0.05) is 0 Å². The van der Waals surface area contributed by atoms with Gasteiger partial charge in [0.2, 0.25) is 18.9 Å². The molecule has 1 unspecified atom stereocenters. The maximum Gasteiger partial charge on any atom is 0.411 e. The first-order valence-electron chi connectivity index (χ1n) is 26.2. The van der Waals surface area contributed by atoms with E-state index in [9.17, 15) is 115 Å². The van der Waals surface area contributed by atoms with Crippen LogP contribution in [0.1, 0.15) is 6.42 Å². The fourth-order valence-electron chi connectivity index (χ4n) is 8.11. The fourth-order valence-corrected chi connectivity index (χ4v) is 8.11. The molecule has 3 heterocycles. The quantitative estimate of drug-likeness (QED) is 0.0196. The minimum Gasteiger partial charge on any atom is -0.448 e. The summed E-state index contributed by atoms with van der Waals surface area (Å²) < 4.78 is 60.8. The van der Waals surface area contributed by atoms with Crippen LogP contribution in [-0.2, 0) is 56.8 Å². The molecule has 4 fully saturated rings. The number of hydrogen-bond acceptors (Lipinski definition) is 35. The minimum absolute atomic E-state index is 0.222. The van der Waals surface area contributed by atoms with E-state index in [1.807, 2.05) is 5.32 Å². The zero-order valence-corrected chi connectivity index (χ0v) is 45.2. The second kappa shape index (κ2) is 36.4. The molecule has 23 N–H and O–H groups in total. The summed E-state index contributed by atoms with van der Waals surface area (Å²) in [6.45, 7) is -7.63. The molecule has 3 aliphatic heterocycles. The fraction of sp³-hybridized carbons (Fsp3) is 0.841. The zero-order chi connectivity index (χ0) is 63.8. The van der Waals surface area contributed by atoms with Crippen LogP contribution < -0.4 is 37.2 Å². The molecule has 0 aromatic rings. The van der Waals surface area contributed by atoms with Gasteiger partial charge in [-0.05, 0) is 6.42 Å². The Morgan fingerprint density at radius 2 is 0.837 bits per heavy atom. The second-order valence-electron chi connectivity index (χ2n) is 18.9. The number of aliphatic hydroxyl groups excluding tert-OH is 16. The van der Waals surface area contributed by atoms with Gasteiger partial charge in [0.05, 0.1) is 65.3 Å². The first-order chi connectivity index (χ1) is 40.8. The molecular weight excluding hydrogens is 1190 g/mol. The van der Waals surface area contributed by atoms with Gasteiger partial charge in [0.15, 0.2) is 6.29 Å². The summed E-state index contributed by atoms with van der Waals surface area (Å²) in [4.78, 5) is 86.9. The van der Waals surface area contributed by atoms with Crippen molar-refractivity contribution < 1.29 is 172 Å². The summed E-state index contributed by atoms with van der Waals surface area (Å²) in [6, 6.07) is 0. The number of hydrogen-bond donors (Lipinski definition) is 23. The maximum absolute atomic E-state index is 12.7. The molecule has 7 amide bonds. The van der Waals surface area contributed by atoms with Gasteiger partial charge < -0.3 is 165 Å². The number of alkyl carbamates (subject to hydrolysis) is 7. The van der Waals surface area contributed by atoms with Crippen LogP contribution >= 0.6 is 0 Å². The van der Waals surface area contributed by atoms with Gasteiger partial charge in [0.25, 0.3) is 0 Å². The van der Waals surface area contributed by atoms with Gasteiger partial charge in [-0.2, -0.15) is 0 Å². The number of ether oxygens (including phenoxy) is 12. The number of carbonyl (C=O) groups is 7. The van der Waals surface area contributed by atoms with E-state index in [0.29, 0.717) is 0 Å². The molecule has 496 valence electrons. The molecule has 1 saturated carbocycles. The highest BCUT2D eigenvalue weighted by Crippen LogP contribution is 2.33. The molecule has 0 radical (unpaired) electrons. The van der Waals surface area contributed by atoms with Crippen LogP contribution in [0.15, 0.2) is 0 Å². The van der Waals surface area contributed by atoms with Gasteiger partial charge in [0.1, 0.15) is 117 Å². The summed E-state index contributed by atoms with van der Waals surface area (Å²) >= 11 is 0. The summed E-state index contributed by atoms with van der Waals surface area (Å²) in [5.74, 6) is -1.03. The number of aliphatic hydroxyl groups is 16. The van der Waals surface area contributed by atoms with Crippen LogP contribution in [0.2, 0.25) is 0 Å². The van der Waals surface area contributed by atoms with Crippen LogP contribution in [-0.4, -0.2) is 346 Å². The molecule has 0 spiro atoms. The summed E-state index contributed by atoms with van der Waals surface area (Å²) in [5, 5.41) is 174. The summed E-state index contributed by atoms with van der Waals surface area (Å²) in [6.07, 6.45) is -45.4. The van der Waals surface area contributed by atoms with E-state index < -0.39 is 250 Å². The smallest absolute Gasteiger partial charge is 0.411 e. The van der Waals surface area contributed by atoms with Crippen LogP contribution in [0.5, 0.6) is 0 Å². The molecule has 4 aliphatic rings. The first-order valence-corrected chi connectivity index (χ1v) is 26.2. The molecule has 4 rings (SSSR count). The lowest BCUT2D eigenvalue weighted by Crippen LogP contribution is -2.63. The van der Waals surface area contributed by atoms with Crippen LogP contribution in [0, 0.1) is 5.92 Å². The largest absolute Gasteiger partial charge is 0.448 e. The van der Waals surface area contributed by atoms with Crippen molar-refractivity contribution in [3.63, 3.8) is 0 Å². The van der Waals surface area contributed by atoms with Crippen molar-refractivity contribution in [1.82, 2.24) is 37.2 Å². The van der Waals surface area contributed by atoms with Crippen molar-refractivity contribution in [1.29, 1.82) is 0 Å². The average molecular weight is 1260 g/mol. The van der Waals surface area contributed by atoms with Crippen molar-refractivity contribution in [2.45, 2.75) is 135 Å². The molecule has 0 aromatic carbocycles. The van der Waals surface area contributed by atoms with Crippen molar-refractivity contribution >= 4 is 42.7 Å². The van der Waals surface area contributed by atoms with E-state index in [-0.39, 0.29) is 26.2 Å². The molecule has 86 heavy (non-hydrogen) atoms. The zero-order valence-electron chi connectivity index (χ0n) is 45.2. The lowest BCUT2D eigenvalue weighted by Gasteiger charge is -2.45. The van der Waals surface area contributed by atoms with Crippen LogP contribution in [0.25, 0.3) is 0 Å². The Morgan fingerprint density at radius 1 is 0.419 bits per heavy atom. The Balaban J connectivity index is 1.17. The predicted molar refractivity (Wildman–Crippen MR) is 264 cm³/mol. The van der Waals surface area contributed by atoms with Gasteiger partial charge in [0, 0.05) is 19.1 Å². The monoisotopic (exact) mass is 1260 g/mol. The Kier molecular flexibility index (Phi) is 30.7. The Bertz CT molecular complexity index is 2040. The maximum atomic E-state index is 12.7. The van der Waals surface area contributed by atoms with E-state index in [2.05, 4.69) is 26.6 Å². The van der Waals surface area contributed by atoms with E-state index in [4.69, 9.17) is 56.8 Å². The third kappa shape index (κ3) is 22.3. The summed E-state index contributed by atoms with van der Waals surface area (Å²) in [5.41, 5.74) is 0. The number of amides is 7. The first kappa shape index (κ1) is 72.5. The molecule has 1 aliphatic carbocycles. The lowest BCUT2D eigenvalue weighted by atomic mass is 9.81. The van der Waals surface area contributed by atoms with Crippen LogP contribution in [0.4, 0.5) is 33.6 Å². The molecule has 0 bridgehead atoms. The Morgan fingerprint density at radius 3 is 1.30 bits per heavy atom. The third-order valence-corrected chi connectivity index (χ3v) is 12.8. The second-order valence-corrected chi connectivity index (χ2v) is 18.9. The predicted octanol–water partition coefficient (Wildman–Crippen LogP) is -12.4. The highest BCUT2D eigenvalue weighted by atomic mass is 16.7. The van der Waals surface area contributed by atoms with Gasteiger partial charge in [-0.25, -0.2) is 33.6 Å². The van der Waals surface area contributed by atoms with Crippen molar-refractivity contribution in [3.05, 3.63) is 0 Å². The summed E-state index contributed by atoms with van der Waals surface area (Å²) in [7, 11) is 0. The van der Waals surface area contributed by atoms with Crippen molar-refractivity contribution in [2.24, 2.45) is 5.92 Å². The van der Waals surface area contributed by atoms with Gasteiger partial charge >= 0.3 is 42.7 Å². The standard InChI is InChI=1S/C44H75N7O35/c52-12-16-9-18(26(60)33(22(16)56)84-34-30(64)27(61)23(57)19(13-53)80-34)83-40(70)45-1-4-75-7-8-78-43(73)50-37(67)51-44(74)79-17(10-48-38(68)76-5-2-46-41(71)85-35-31(65)28(62)24(58)20(14-54)81-35)11-49-39(69)77-6-3-47-42(72)86-36-32(66)29(63)25(59)21(15-55)82-36/h16-37,52-67H,1-15H2,(H,45,70)(H,46,71)(H,47,72)(H,48,68)(H,49,69)(H,50,73)(H,51,74)/t16-,18-,19-,20-,21-,22+,23+,24+,25+,26-,27-,28-,29-,30-,31+,32+,33-,34+,35+,36+,37?/m0/s1. The van der Waals surface area contributed by atoms with E-state index in [1.165, 1.54) is 0 Å². The molecular formula is C44H75N7O35. The molecule has 42 heteroatoms. The van der Waals surface area contributed by atoms with E-state index in [1.54, 1.807) is 5.32 Å². The molecule has 21 atom stereocenters. The molecule has 3 saturated heterocycles. The van der Waals surface area contributed by atoms with E-state index >= 15 is 0 Å². The third-order valence-electron chi connectivity index (χ3n) is 12.8. The van der Waals surface area contributed by atoms with Crippen LogP contribution in [0.3, 0.4) is 0 Å². The highest BCUT2D eigenvalue weighted by molar-refractivity contribution is 5.72. The number of rotatable bonds is 28. The normalized spacial score (nSPS) is 32.9. The van der Waals surface area contributed by atoms with Crippen molar-refractivity contribution in [3.8, 4) is 0 Å². The van der Waals surface area contributed by atoms with E-state index in [0.717, 1.165) is 0 Å². The Hall–Kier alpha value is -5.95. The SMILES string of the molecule is O=C(NCC(CNC(=O)OCCNC(=O)O[C@H]1O[C@@H](CO)[C@@H](O)[C@H](O)[C@H]1O)OC(=O)NC(O)NC(=O)OCCOCCNC(=O)O[C@H]1C[C@@H](CO)[C@@H](O)[C@H](O[C@H]2O[C@@H](CO)[C@@H](O)[C@H](O)[C@@H]2O)[C@H]1O)OCCNC(=O)O[C@H]1O[C@@H](CO)[C@@H](O)[C@H](O)[C@H]1O. The average Bonchev–Trinajstić information content (AvgIpc) is 2.88. The number of carbonyl (C=O) groups excluding carboxylic acids is 7. The highest BCUT2D eigenvalue weighted by Gasteiger charge is 2.52. The minimum atomic E-state index is -2.21. The lowest BCUT2D eigenvalue weighted by molar-refractivity contribution is -0.332.